The normalized spacial score (nSPS) is 14.7. The molecule has 0 saturated carbocycles. The molecule has 1 aliphatic heterocycles. The van der Waals surface area contributed by atoms with Crippen LogP contribution in [0.25, 0.3) is 56.3 Å². The molecule has 8 rings (SSSR count). The van der Waals surface area contributed by atoms with E-state index in [4.69, 9.17) is 4.42 Å². The maximum Gasteiger partial charge on any atom is 0.137 e. The molecule has 2 aromatic heterocycles. The molecule has 0 bridgehead atoms. The maximum absolute atomic E-state index is 6.36. The second-order valence-electron chi connectivity index (χ2n) is 10.5. The van der Waals surface area contributed by atoms with E-state index in [1.807, 2.05) is 12.1 Å². The van der Waals surface area contributed by atoms with Gasteiger partial charge in [-0.1, -0.05) is 78.9 Å². The number of nitrogens with zero attached hydrogens (tertiary/aromatic N) is 2. The van der Waals surface area contributed by atoms with Gasteiger partial charge in [-0.15, -0.1) is 0 Å². The molecule has 0 fully saturated rings. The van der Waals surface area contributed by atoms with E-state index in [0.717, 1.165) is 55.3 Å². The summed E-state index contributed by atoms with van der Waals surface area (Å²) >= 11 is 0. The Labute approximate surface area is 231 Å². The van der Waals surface area contributed by atoms with Crippen LogP contribution in [0.5, 0.6) is 0 Å². The number of rotatable bonds is 2. The van der Waals surface area contributed by atoms with E-state index < -0.39 is 0 Å². The second kappa shape index (κ2) is 8.62. The zero-order chi connectivity index (χ0) is 26.8. The first-order chi connectivity index (χ1) is 19.7. The molecule has 0 amide bonds. The molecule has 0 saturated heterocycles. The van der Waals surface area contributed by atoms with E-state index in [1.54, 1.807) is 0 Å². The number of fused-ring (bicyclic) bond motifs is 7. The van der Waals surface area contributed by atoms with Gasteiger partial charge in [-0.05, 0) is 67.1 Å². The SMILES string of the molecule is C=C1/C=c2/oc3ccccc3/c2=C/N(c2ccccc2)c2cc3c4ccccc4n(-c4ccc(C)cc4)c3cc21. The summed E-state index contributed by atoms with van der Waals surface area (Å²) in [5.41, 5.74) is 10.5. The molecule has 3 heterocycles. The zero-order valence-electron chi connectivity index (χ0n) is 22.1. The number of para-hydroxylation sites is 3. The highest BCUT2D eigenvalue weighted by molar-refractivity contribution is 6.13. The predicted molar refractivity (Wildman–Crippen MR) is 168 cm³/mol. The topological polar surface area (TPSA) is 21.3 Å². The average Bonchev–Trinajstić information content (AvgIpc) is 3.49. The summed E-state index contributed by atoms with van der Waals surface area (Å²) in [6.45, 7) is 6.69. The fourth-order valence-electron chi connectivity index (χ4n) is 5.99. The predicted octanol–water partition coefficient (Wildman–Crippen LogP) is 8.22. The van der Waals surface area contributed by atoms with E-state index >= 15 is 0 Å². The Bertz CT molecular complexity index is 2230. The third-order valence-electron chi connectivity index (χ3n) is 7.95. The van der Waals surface area contributed by atoms with E-state index in [1.165, 1.54) is 21.9 Å². The molecule has 190 valence electrons. The van der Waals surface area contributed by atoms with Gasteiger partial charge in [0.05, 0.1) is 16.7 Å². The highest BCUT2D eigenvalue weighted by Crippen LogP contribution is 2.41. The van der Waals surface area contributed by atoms with E-state index in [2.05, 4.69) is 138 Å². The van der Waals surface area contributed by atoms with Crippen molar-refractivity contribution in [3.05, 3.63) is 144 Å². The number of benzene rings is 5. The molecule has 0 unspecified atom stereocenters. The minimum atomic E-state index is 0.817. The molecule has 0 spiro atoms. The molecule has 1 aliphatic rings. The van der Waals surface area contributed by atoms with E-state index in [-0.39, 0.29) is 0 Å². The Morgan fingerprint density at radius 2 is 1.38 bits per heavy atom. The number of aryl methyl sites for hydroxylation is 1. The van der Waals surface area contributed by atoms with Crippen LogP contribution in [0.4, 0.5) is 11.4 Å². The van der Waals surface area contributed by atoms with Crippen LogP contribution in [0, 0.1) is 6.92 Å². The molecular weight excluding hydrogens is 488 g/mol. The lowest BCUT2D eigenvalue weighted by molar-refractivity contribution is 0.576. The first-order valence-electron chi connectivity index (χ1n) is 13.5. The van der Waals surface area contributed by atoms with Crippen LogP contribution >= 0.6 is 0 Å². The fraction of sp³-hybridized carbons (Fsp3) is 0.0270. The third kappa shape index (κ3) is 3.38. The average molecular weight is 515 g/mol. The highest BCUT2D eigenvalue weighted by atomic mass is 16.3. The van der Waals surface area contributed by atoms with Crippen LogP contribution < -0.4 is 15.5 Å². The lowest BCUT2D eigenvalue weighted by atomic mass is 9.99. The molecule has 3 nitrogen and oxygen atoms in total. The minimum Gasteiger partial charge on any atom is -0.456 e. The van der Waals surface area contributed by atoms with Crippen molar-refractivity contribution in [1.82, 2.24) is 4.57 Å². The van der Waals surface area contributed by atoms with Gasteiger partial charge in [0.2, 0.25) is 0 Å². The largest absolute Gasteiger partial charge is 0.456 e. The Morgan fingerprint density at radius 3 is 2.20 bits per heavy atom. The summed E-state index contributed by atoms with van der Waals surface area (Å²) in [5, 5.41) is 4.56. The third-order valence-corrected chi connectivity index (χ3v) is 7.95. The van der Waals surface area contributed by atoms with Crippen LogP contribution in [-0.4, -0.2) is 4.57 Å². The number of furan rings is 1. The Balaban J connectivity index is 1.50. The van der Waals surface area contributed by atoms with Crippen molar-refractivity contribution in [2.45, 2.75) is 6.92 Å². The van der Waals surface area contributed by atoms with Gasteiger partial charge in [0.15, 0.2) is 0 Å². The van der Waals surface area contributed by atoms with Gasteiger partial charge in [-0.2, -0.15) is 0 Å². The van der Waals surface area contributed by atoms with Crippen LogP contribution in [0.1, 0.15) is 11.1 Å². The van der Waals surface area contributed by atoms with Crippen molar-refractivity contribution in [3.8, 4) is 5.69 Å². The summed E-state index contributed by atoms with van der Waals surface area (Å²) < 4.78 is 8.72. The molecule has 0 atom stereocenters. The van der Waals surface area contributed by atoms with Gasteiger partial charge in [-0.25, -0.2) is 0 Å². The van der Waals surface area contributed by atoms with Crippen molar-refractivity contribution in [2.75, 3.05) is 4.90 Å². The smallest absolute Gasteiger partial charge is 0.137 e. The van der Waals surface area contributed by atoms with Crippen molar-refractivity contribution in [1.29, 1.82) is 0 Å². The lowest BCUT2D eigenvalue weighted by Gasteiger charge is -2.25. The Hall–Kier alpha value is -5.28. The number of hydrogen-bond donors (Lipinski definition) is 0. The van der Waals surface area contributed by atoms with Gasteiger partial charge in [0.1, 0.15) is 11.0 Å². The van der Waals surface area contributed by atoms with Crippen LogP contribution in [0.15, 0.2) is 126 Å². The van der Waals surface area contributed by atoms with Gasteiger partial charge < -0.3 is 13.9 Å². The van der Waals surface area contributed by atoms with Crippen LogP contribution in [0.3, 0.4) is 0 Å². The minimum absolute atomic E-state index is 0.817. The molecule has 0 N–H and O–H groups in total. The Kier molecular flexibility index (Phi) is 4.89. The van der Waals surface area contributed by atoms with Crippen molar-refractivity contribution < 1.29 is 4.42 Å². The molecule has 7 aromatic rings. The van der Waals surface area contributed by atoms with Gasteiger partial charge in [-0.3, -0.25) is 0 Å². The monoisotopic (exact) mass is 514 g/mol. The zero-order valence-corrected chi connectivity index (χ0v) is 22.1. The molecule has 5 aromatic carbocycles. The second-order valence-corrected chi connectivity index (χ2v) is 10.5. The van der Waals surface area contributed by atoms with Gasteiger partial charge in [0.25, 0.3) is 0 Å². The van der Waals surface area contributed by atoms with Crippen LogP contribution in [0.2, 0.25) is 0 Å². The molecule has 0 aliphatic carbocycles. The molecule has 3 heteroatoms. The highest BCUT2D eigenvalue weighted by Gasteiger charge is 2.21. The summed E-state index contributed by atoms with van der Waals surface area (Å²) in [7, 11) is 0. The van der Waals surface area contributed by atoms with E-state index in [9.17, 15) is 0 Å². The van der Waals surface area contributed by atoms with Crippen molar-refractivity contribution in [3.63, 3.8) is 0 Å². The lowest BCUT2D eigenvalue weighted by Crippen LogP contribution is -2.27. The molecule has 0 radical (unpaired) electrons. The molecule has 40 heavy (non-hydrogen) atoms. The quantitative estimate of drug-likeness (QED) is 0.232. The Morgan fingerprint density at radius 1 is 0.650 bits per heavy atom. The van der Waals surface area contributed by atoms with Crippen molar-refractivity contribution in [2.24, 2.45) is 0 Å². The summed E-state index contributed by atoms with van der Waals surface area (Å²) in [6, 6.07) is 40.7. The van der Waals surface area contributed by atoms with Crippen LogP contribution in [-0.2, 0) is 0 Å². The number of hydrogen-bond acceptors (Lipinski definition) is 2. The standard InChI is InChI=1S/C37H26N2O/c1-24-16-18-27(19-17-24)39-33-14-8-6-12-28(33)31-22-34-30(21-35(31)39)25(2)20-37-32(29-13-7-9-15-36(29)40-37)23-38(34)26-10-4-3-5-11-26/h3-23H,2H2,1H3/b32-23-,37-20+. The first-order valence-corrected chi connectivity index (χ1v) is 13.5. The number of aromatic nitrogens is 1. The summed E-state index contributed by atoms with van der Waals surface area (Å²) in [6.07, 6.45) is 4.29. The van der Waals surface area contributed by atoms with Gasteiger partial charge in [0, 0.05) is 44.5 Å². The number of allylic oxidation sites excluding steroid dienone is 1. The summed E-state index contributed by atoms with van der Waals surface area (Å²) in [4.78, 5) is 2.28. The fourth-order valence-corrected chi connectivity index (χ4v) is 5.99. The maximum atomic E-state index is 6.36. The molecular formula is C37H26N2O. The first kappa shape index (κ1) is 22.7. The van der Waals surface area contributed by atoms with Crippen molar-refractivity contribution >= 4 is 62.0 Å². The van der Waals surface area contributed by atoms with E-state index in [0.29, 0.717) is 0 Å². The van der Waals surface area contributed by atoms with Gasteiger partial charge >= 0.3 is 0 Å². The summed E-state index contributed by atoms with van der Waals surface area (Å²) in [5.74, 6) is 0. The number of anilines is 2.